The summed E-state index contributed by atoms with van der Waals surface area (Å²) in [6.45, 7) is 2.34. The minimum absolute atomic E-state index is 0.101. The fourth-order valence-electron chi connectivity index (χ4n) is 6.12. The largest absolute Gasteiger partial charge is 0.376 e. The van der Waals surface area contributed by atoms with Gasteiger partial charge in [-0.05, 0) is 55.7 Å². The van der Waals surface area contributed by atoms with Crippen molar-refractivity contribution < 1.29 is 9.53 Å². The molecule has 3 fully saturated rings. The summed E-state index contributed by atoms with van der Waals surface area (Å²) in [6, 6.07) is 9.28. The predicted octanol–water partition coefficient (Wildman–Crippen LogP) is 3.10. The average Bonchev–Trinajstić information content (AvgIpc) is 3.41. The molecule has 0 N–H and O–H groups in total. The van der Waals surface area contributed by atoms with E-state index in [1.165, 1.54) is 30.5 Å². The van der Waals surface area contributed by atoms with Gasteiger partial charge in [0.25, 0.3) is 0 Å². The lowest BCUT2D eigenvalue weighted by molar-refractivity contribution is -0.187. The number of ether oxygens (including phenoxy) is 1. The number of hydrogen-bond acceptors (Lipinski definition) is 3. The molecule has 3 atom stereocenters. The zero-order valence-electron chi connectivity index (χ0n) is 14.6. The SMILES string of the molecule is CO[C@@]12CCC(=O)C[C@@]13CCN(CC1CC1)C2Cc1ccccc13. The molecule has 1 heterocycles. The lowest BCUT2D eigenvalue weighted by atomic mass is 9.49. The Bertz CT molecular complexity index is 682. The summed E-state index contributed by atoms with van der Waals surface area (Å²) in [5.74, 6) is 1.32. The number of likely N-dealkylation sites (tertiary alicyclic amines) is 1. The summed E-state index contributed by atoms with van der Waals surface area (Å²) in [4.78, 5) is 15.2. The van der Waals surface area contributed by atoms with Gasteiger partial charge in [-0.2, -0.15) is 0 Å². The van der Waals surface area contributed by atoms with Crippen molar-refractivity contribution in [1.82, 2.24) is 4.90 Å². The smallest absolute Gasteiger partial charge is 0.134 e. The third kappa shape index (κ3) is 1.89. The number of Topliss-reactive ketones (excluding diaryl/α,β-unsaturated/α-hetero) is 1. The Morgan fingerprint density at radius 1 is 1.25 bits per heavy atom. The number of methoxy groups -OCH3 is 1. The summed E-state index contributed by atoms with van der Waals surface area (Å²) in [5, 5.41) is 0. The van der Waals surface area contributed by atoms with E-state index in [1.807, 2.05) is 7.11 Å². The first-order chi connectivity index (χ1) is 11.7. The van der Waals surface area contributed by atoms with Crippen molar-refractivity contribution in [2.24, 2.45) is 5.92 Å². The fraction of sp³-hybridized carbons (Fsp3) is 0.667. The molecule has 24 heavy (non-hydrogen) atoms. The van der Waals surface area contributed by atoms with Crippen LogP contribution in [-0.2, 0) is 21.4 Å². The van der Waals surface area contributed by atoms with Gasteiger partial charge in [-0.25, -0.2) is 0 Å². The highest BCUT2D eigenvalue weighted by Crippen LogP contribution is 2.59. The van der Waals surface area contributed by atoms with Crippen LogP contribution in [0.4, 0.5) is 0 Å². The summed E-state index contributed by atoms with van der Waals surface area (Å²) in [7, 11) is 1.89. The number of ketones is 1. The van der Waals surface area contributed by atoms with Gasteiger partial charge >= 0.3 is 0 Å². The Morgan fingerprint density at radius 2 is 2.08 bits per heavy atom. The Balaban J connectivity index is 1.66. The Morgan fingerprint density at radius 3 is 2.88 bits per heavy atom. The molecule has 0 amide bonds. The van der Waals surface area contributed by atoms with E-state index >= 15 is 0 Å². The maximum absolute atomic E-state index is 12.5. The van der Waals surface area contributed by atoms with E-state index < -0.39 is 0 Å². The molecule has 1 saturated heterocycles. The molecule has 3 nitrogen and oxygen atoms in total. The number of benzene rings is 1. The van der Waals surface area contributed by atoms with Crippen LogP contribution in [0.25, 0.3) is 0 Å². The maximum Gasteiger partial charge on any atom is 0.134 e. The molecule has 128 valence electrons. The van der Waals surface area contributed by atoms with Crippen LogP contribution in [0, 0.1) is 5.92 Å². The highest BCUT2D eigenvalue weighted by atomic mass is 16.5. The Hall–Kier alpha value is -1.19. The van der Waals surface area contributed by atoms with Crippen molar-refractivity contribution in [2.75, 3.05) is 20.2 Å². The normalized spacial score (nSPS) is 38.5. The number of hydrogen-bond donors (Lipinski definition) is 0. The van der Waals surface area contributed by atoms with Crippen molar-refractivity contribution in [3.63, 3.8) is 0 Å². The summed E-state index contributed by atoms with van der Waals surface area (Å²) >= 11 is 0. The molecule has 5 rings (SSSR count). The molecule has 0 spiro atoms. The van der Waals surface area contributed by atoms with E-state index in [-0.39, 0.29) is 11.0 Å². The Labute approximate surface area is 144 Å². The molecule has 1 aromatic carbocycles. The second kappa shape index (κ2) is 5.15. The number of rotatable bonds is 3. The molecule has 3 aliphatic carbocycles. The first-order valence-electron chi connectivity index (χ1n) is 9.58. The van der Waals surface area contributed by atoms with E-state index in [4.69, 9.17) is 4.74 Å². The molecule has 2 saturated carbocycles. The van der Waals surface area contributed by atoms with Crippen LogP contribution in [0.5, 0.6) is 0 Å². The molecule has 0 aromatic heterocycles. The van der Waals surface area contributed by atoms with Crippen LogP contribution >= 0.6 is 0 Å². The molecule has 2 bridgehead atoms. The second-order valence-electron chi connectivity index (χ2n) is 8.46. The van der Waals surface area contributed by atoms with Gasteiger partial charge in [-0.3, -0.25) is 9.69 Å². The molecular formula is C21H27NO2. The van der Waals surface area contributed by atoms with Gasteiger partial charge in [0.05, 0.1) is 5.60 Å². The zero-order chi connectivity index (χ0) is 16.4. The number of carbonyl (C=O) groups is 1. The maximum atomic E-state index is 12.5. The number of nitrogens with zero attached hydrogens (tertiary/aromatic N) is 1. The summed E-state index contributed by atoms with van der Waals surface area (Å²) < 4.78 is 6.38. The predicted molar refractivity (Wildman–Crippen MR) is 93.1 cm³/mol. The van der Waals surface area contributed by atoms with E-state index in [0.29, 0.717) is 24.7 Å². The van der Waals surface area contributed by atoms with Gasteiger partial charge in [0.1, 0.15) is 5.78 Å². The monoisotopic (exact) mass is 325 g/mol. The van der Waals surface area contributed by atoms with E-state index in [9.17, 15) is 4.79 Å². The van der Waals surface area contributed by atoms with Gasteiger partial charge in [0.2, 0.25) is 0 Å². The Kier molecular flexibility index (Phi) is 3.24. The third-order valence-corrected chi connectivity index (χ3v) is 7.39. The number of piperidine rings is 1. The van der Waals surface area contributed by atoms with E-state index in [1.54, 1.807) is 0 Å². The quantitative estimate of drug-likeness (QED) is 0.855. The summed E-state index contributed by atoms with van der Waals surface area (Å²) in [5.41, 5.74) is 2.58. The second-order valence-corrected chi connectivity index (χ2v) is 8.46. The first kappa shape index (κ1) is 15.1. The van der Waals surface area contributed by atoms with Gasteiger partial charge in [-0.15, -0.1) is 0 Å². The molecule has 4 aliphatic rings. The lowest BCUT2D eigenvalue weighted by Gasteiger charge is -2.65. The minimum atomic E-state index is -0.178. The average molecular weight is 325 g/mol. The lowest BCUT2D eigenvalue weighted by Crippen LogP contribution is -2.74. The van der Waals surface area contributed by atoms with Crippen molar-refractivity contribution in [3.8, 4) is 0 Å². The van der Waals surface area contributed by atoms with Gasteiger partial charge in [-0.1, -0.05) is 24.3 Å². The fourth-order valence-corrected chi connectivity index (χ4v) is 6.12. The highest BCUT2D eigenvalue weighted by molar-refractivity contribution is 5.82. The number of fused-ring (bicyclic) bond motifs is 1. The van der Waals surface area contributed by atoms with Crippen LogP contribution in [0.15, 0.2) is 24.3 Å². The standard InChI is InChI=1S/C21H27NO2/c1-24-21-9-8-17(23)13-20(21)10-11-22(14-15-6-7-15)19(21)12-16-4-2-3-5-18(16)20/h2-5,15,19H,6-14H2,1H3/t19?,20-,21-/m1/s1. The van der Waals surface area contributed by atoms with Crippen LogP contribution < -0.4 is 0 Å². The van der Waals surface area contributed by atoms with Crippen LogP contribution in [-0.4, -0.2) is 42.5 Å². The molecule has 0 radical (unpaired) electrons. The van der Waals surface area contributed by atoms with Gasteiger partial charge in [0.15, 0.2) is 0 Å². The van der Waals surface area contributed by atoms with Crippen LogP contribution in [0.2, 0.25) is 0 Å². The van der Waals surface area contributed by atoms with Crippen molar-refractivity contribution in [3.05, 3.63) is 35.4 Å². The van der Waals surface area contributed by atoms with Crippen LogP contribution in [0.1, 0.15) is 49.7 Å². The highest BCUT2D eigenvalue weighted by Gasteiger charge is 2.65. The van der Waals surface area contributed by atoms with E-state index in [0.717, 1.165) is 31.7 Å². The van der Waals surface area contributed by atoms with Crippen molar-refractivity contribution in [2.45, 2.75) is 62.0 Å². The third-order valence-electron chi connectivity index (χ3n) is 7.39. The van der Waals surface area contributed by atoms with Gasteiger partial charge < -0.3 is 4.74 Å². The number of carbonyl (C=O) groups excluding carboxylic acids is 1. The zero-order valence-corrected chi connectivity index (χ0v) is 14.6. The van der Waals surface area contributed by atoms with E-state index in [2.05, 4.69) is 29.2 Å². The minimum Gasteiger partial charge on any atom is -0.376 e. The van der Waals surface area contributed by atoms with Crippen LogP contribution in [0.3, 0.4) is 0 Å². The first-order valence-corrected chi connectivity index (χ1v) is 9.58. The molecule has 1 unspecified atom stereocenters. The molecule has 3 heteroatoms. The van der Waals surface area contributed by atoms with Crippen molar-refractivity contribution in [1.29, 1.82) is 0 Å². The molecule has 1 aromatic rings. The topological polar surface area (TPSA) is 29.5 Å². The van der Waals surface area contributed by atoms with Crippen molar-refractivity contribution >= 4 is 5.78 Å². The summed E-state index contributed by atoms with van der Waals surface area (Å²) in [6.07, 6.45) is 7.17. The molecular weight excluding hydrogens is 298 g/mol. The molecule has 1 aliphatic heterocycles. The van der Waals surface area contributed by atoms with Gasteiger partial charge in [0, 0.05) is 38.0 Å².